The zero-order chi connectivity index (χ0) is 17.4. The predicted octanol–water partition coefficient (Wildman–Crippen LogP) is -1.95. The first kappa shape index (κ1) is 21.2. The van der Waals surface area contributed by atoms with Crippen molar-refractivity contribution in [2.45, 2.75) is 25.3 Å². The van der Waals surface area contributed by atoms with E-state index in [4.69, 9.17) is 20.6 Å². The van der Waals surface area contributed by atoms with Gasteiger partial charge >= 0.3 is 0 Å². The number of hydrogen-bond acceptors (Lipinski definition) is 7. The highest BCUT2D eigenvalue weighted by molar-refractivity contribution is 7.86. The van der Waals surface area contributed by atoms with Crippen LogP contribution in [-0.4, -0.2) is 73.9 Å². The maximum absolute atomic E-state index is 12.1. The van der Waals surface area contributed by atoms with E-state index in [2.05, 4.69) is 0 Å². The fourth-order valence-electron chi connectivity index (χ4n) is 1.65. The Hall–Kier alpha value is -0.790. The molecule has 0 fully saturated rings. The summed E-state index contributed by atoms with van der Waals surface area (Å²) in [6, 6.07) is -0.936. The molecule has 0 aromatic rings. The second-order valence-electron chi connectivity index (χ2n) is 4.79. The van der Waals surface area contributed by atoms with Gasteiger partial charge in [0, 0.05) is 13.1 Å². The zero-order valence-electron chi connectivity index (χ0n) is 12.1. The molecule has 1 atom stereocenters. The van der Waals surface area contributed by atoms with E-state index in [0.29, 0.717) is 25.8 Å². The monoisotopic (exact) mass is 361 g/mol. The Morgan fingerprint density at radius 2 is 1.45 bits per heavy atom. The molecule has 6 N–H and O–H groups in total. The maximum Gasteiger partial charge on any atom is 0.266 e. The van der Waals surface area contributed by atoms with Crippen LogP contribution in [0.5, 0.6) is 0 Å². The average Bonchev–Trinajstić information content (AvgIpc) is 2.35. The van der Waals surface area contributed by atoms with E-state index < -0.39 is 56.8 Å². The second-order valence-corrected chi connectivity index (χ2v) is 7.93. The molecule has 132 valence electrons. The van der Waals surface area contributed by atoms with Crippen molar-refractivity contribution >= 4 is 26.1 Å². The lowest BCUT2D eigenvalue weighted by Gasteiger charge is -2.25. The summed E-state index contributed by atoms with van der Waals surface area (Å²) >= 11 is 0. The van der Waals surface area contributed by atoms with Crippen molar-refractivity contribution in [1.29, 1.82) is 0 Å². The molecule has 0 aromatic carbocycles. The molecule has 0 radical (unpaired) electrons. The first-order valence-electron chi connectivity index (χ1n) is 6.61. The molecule has 22 heavy (non-hydrogen) atoms. The third-order valence-electron chi connectivity index (χ3n) is 2.84. The minimum Gasteiger partial charge on any atom is -0.339 e. The van der Waals surface area contributed by atoms with Gasteiger partial charge in [0.15, 0.2) is 0 Å². The van der Waals surface area contributed by atoms with Crippen molar-refractivity contribution < 1.29 is 30.7 Å². The normalized spacial score (nSPS) is 13.8. The summed E-state index contributed by atoms with van der Waals surface area (Å²) in [6.45, 7) is -0.397. The van der Waals surface area contributed by atoms with Gasteiger partial charge in [0.05, 0.1) is 17.5 Å². The molecular weight excluding hydrogens is 338 g/mol. The number of amides is 1. The number of nitrogens with two attached hydrogens (primary N) is 2. The molecule has 0 aliphatic rings. The number of carbonyl (C=O) groups excluding carboxylic acids is 1. The van der Waals surface area contributed by atoms with Crippen LogP contribution < -0.4 is 11.5 Å². The van der Waals surface area contributed by atoms with Gasteiger partial charge in [0.25, 0.3) is 20.2 Å². The summed E-state index contributed by atoms with van der Waals surface area (Å²) in [5.41, 5.74) is 11.0. The largest absolute Gasteiger partial charge is 0.339 e. The smallest absolute Gasteiger partial charge is 0.266 e. The van der Waals surface area contributed by atoms with E-state index in [1.165, 1.54) is 0 Å². The maximum atomic E-state index is 12.1. The standard InChI is InChI=1S/C10H23N3O7S2/c11-4-2-1-3-9(12)10(14)13(5-7-21(15,16)17)6-8-22(18,19)20/h9H,1-8,11-12H2,(H,15,16,17)(H,18,19,20). The predicted molar refractivity (Wildman–Crippen MR) is 80.3 cm³/mol. The molecule has 0 aliphatic carbocycles. The highest BCUT2D eigenvalue weighted by Gasteiger charge is 2.23. The topological polar surface area (TPSA) is 181 Å². The van der Waals surface area contributed by atoms with Crippen molar-refractivity contribution in [1.82, 2.24) is 4.90 Å². The zero-order valence-corrected chi connectivity index (χ0v) is 13.7. The van der Waals surface area contributed by atoms with Crippen LogP contribution in [0.2, 0.25) is 0 Å². The summed E-state index contributed by atoms with van der Waals surface area (Å²) in [5.74, 6) is -2.15. The lowest BCUT2D eigenvalue weighted by Crippen LogP contribution is -2.47. The van der Waals surface area contributed by atoms with E-state index in [-0.39, 0.29) is 0 Å². The fraction of sp³-hybridized carbons (Fsp3) is 0.900. The minimum absolute atomic E-state index is 0.310. The van der Waals surface area contributed by atoms with E-state index in [1.54, 1.807) is 0 Å². The molecule has 0 saturated carbocycles. The van der Waals surface area contributed by atoms with Gasteiger partial charge in [0.2, 0.25) is 5.91 Å². The van der Waals surface area contributed by atoms with Crippen molar-refractivity contribution in [2.75, 3.05) is 31.1 Å². The molecule has 10 nitrogen and oxygen atoms in total. The molecule has 0 rings (SSSR count). The van der Waals surface area contributed by atoms with Crippen molar-refractivity contribution in [3.05, 3.63) is 0 Å². The van der Waals surface area contributed by atoms with Crippen molar-refractivity contribution in [3.8, 4) is 0 Å². The summed E-state index contributed by atoms with van der Waals surface area (Å²) < 4.78 is 60.4. The number of unbranched alkanes of at least 4 members (excludes halogenated alkanes) is 1. The second kappa shape index (κ2) is 9.37. The van der Waals surface area contributed by atoms with Crippen LogP contribution in [0, 0.1) is 0 Å². The van der Waals surface area contributed by atoms with Crippen molar-refractivity contribution in [2.24, 2.45) is 11.5 Å². The summed E-state index contributed by atoms with van der Waals surface area (Å²) in [7, 11) is -8.63. The summed E-state index contributed by atoms with van der Waals surface area (Å²) in [4.78, 5) is 13.0. The Bertz CT molecular complexity index is 511. The van der Waals surface area contributed by atoms with Crippen LogP contribution in [-0.2, 0) is 25.0 Å². The highest BCUT2D eigenvalue weighted by Crippen LogP contribution is 2.04. The molecule has 1 unspecified atom stereocenters. The number of hydrogen-bond donors (Lipinski definition) is 4. The van der Waals surface area contributed by atoms with Crippen LogP contribution in [0.3, 0.4) is 0 Å². The van der Waals surface area contributed by atoms with Gasteiger partial charge in [-0.25, -0.2) is 0 Å². The molecule has 1 amide bonds. The molecule has 12 heteroatoms. The Balaban J connectivity index is 4.76. The number of nitrogens with zero attached hydrogens (tertiary/aromatic N) is 1. The molecular formula is C10H23N3O7S2. The van der Waals surface area contributed by atoms with Crippen LogP contribution >= 0.6 is 0 Å². The van der Waals surface area contributed by atoms with E-state index in [0.717, 1.165) is 4.90 Å². The van der Waals surface area contributed by atoms with Crippen molar-refractivity contribution in [3.63, 3.8) is 0 Å². The van der Waals surface area contributed by atoms with Gasteiger partial charge in [-0.3, -0.25) is 13.9 Å². The van der Waals surface area contributed by atoms with Crippen LogP contribution in [0.15, 0.2) is 0 Å². The minimum atomic E-state index is -4.32. The van der Waals surface area contributed by atoms with E-state index in [9.17, 15) is 21.6 Å². The Kier molecular flexibility index (Phi) is 9.04. The van der Waals surface area contributed by atoms with Gasteiger partial charge < -0.3 is 16.4 Å². The van der Waals surface area contributed by atoms with Gasteiger partial charge in [0.1, 0.15) is 0 Å². The Morgan fingerprint density at radius 3 is 1.82 bits per heavy atom. The third-order valence-corrected chi connectivity index (χ3v) is 4.23. The fourth-order valence-corrected chi connectivity index (χ4v) is 2.55. The van der Waals surface area contributed by atoms with E-state index in [1.807, 2.05) is 0 Å². The first-order valence-corrected chi connectivity index (χ1v) is 9.83. The molecule has 0 aliphatic heterocycles. The van der Waals surface area contributed by atoms with Gasteiger partial charge in [-0.05, 0) is 19.4 Å². The number of rotatable bonds is 11. The van der Waals surface area contributed by atoms with Gasteiger partial charge in [-0.2, -0.15) is 16.8 Å². The first-order chi connectivity index (χ1) is 9.96. The molecule has 0 heterocycles. The quantitative estimate of drug-likeness (QED) is 0.240. The van der Waals surface area contributed by atoms with Crippen LogP contribution in [0.4, 0.5) is 0 Å². The molecule has 0 bridgehead atoms. The van der Waals surface area contributed by atoms with Crippen LogP contribution in [0.1, 0.15) is 19.3 Å². The molecule has 0 spiro atoms. The Morgan fingerprint density at radius 1 is 1.00 bits per heavy atom. The van der Waals surface area contributed by atoms with E-state index >= 15 is 0 Å². The molecule has 0 saturated heterocycles. The average molecular weight is 361 g/mol. The summed E-state index contributed by atoms with van der Waals surface area (Å²) in [5, 5.41) is 0. The van der Waals surface area contributed by atoms with Crippen LogP contribution in [0.25, 0.3) is 0 Å². The lowest BCUT2D eigenvalue weighted by atomic mass is 10.1. The number of carbonyl (C=O) groups is 1. The SMILES string of the molecule is NCCCCC(N)C(=O)N(CCS(=O)(=O)O)CCS(=O)(=O)O. The third kappa shape index (κ3) is 10.9. The van der Waals surface area contributed by atoms with Gasteiger partial charge in [-0.1, -0.05) is 6.42 Å². The summed E-state index contributed by atoms with van der Waals surface area (Å²) in [6.07, 6.45) is 1.56. The molecule has 0 aromatic heterocycles. The van der Waals surface area contributed by atoms with Gasteiger partial charge in [-0.15, -0.1) is 0 Å². The lowest BCUT2D eigenvalue weighted by molar-refractivity contribution is -0.132. The Labute approximate surface area is 130 Å². The highest BCUT2D eigenvalue weighted by atomic mass is 32.2.